The molecule has 2 saturated heterocycles. The molecule has 5 aliphatic carbocycles. The van der Waals surface area contributed by atoms with Crippen LogP contribution in [0.5, 0.6) is 0 Å². The van der Waals surface area contributed by atoms with Gasteiger partial charge in [-0.15, -0.1) is 0 Å². The molecule has 2 bridgehead atoms. The molecule has 0 spiro atoms. The van der Waals surface area contributed by atoms with Crippen LogP contribution in [0, 0.1) is 47.3 Å². The third kappa shape index (κ3) is 1.95. The Kier molecular flexibility index (Phi) is 3.19. The lowest BCUT2D eigenvalue weighted by Gasteiger charge is -2.54. The molecule has 6 heteroatoms. The summed E-state index contributed by atoms with van der Waals surface area (Å²) in [6.45, 7) is 2.15. The molecular formula is C25H20O6. The van der Waals surface area contributed by atoms with E-state index in [0.717, 1.165) is 23.1 Å². The average molecular weight is 416 g/mol. The largest absolute Gasteiger partial charge is 0.393 e. The molecule has 8 rings (SSSR count). The van der Waals surface area contributed by atoms with Gasteiger partial charge in [0.05, 0.1) is 23.7 Å². The number of allylic oxidation sites excluding steroid dienone is 4. The van der Waals surface area contributed by atoms with Crippen molar-refractivity contribution in [2.45, 2.75) is 19.3 Å². The van der Waals surface area contributed by atoms with Crippen molar-refractivity contribution in [2.24, 2.45) is 47.3 Å². The summed E-state index contributed by atoms with van der Waals surface area (Å²) in [6.07, 6.45) is 4.74. The molecule has 9 atom stereocenters. The Morgan fingerprint density at radius 2 is 1.45 bits per heavy atom. The molecule has 2 heterocycles. The van der Waals surface area contributed by atoms with Gasteiger partial charge in [0.2, 0.25) is 0 Å². The zero-order chi connectivity index (χ0) is 21.2. The van der Waals surface area contributed by atoms with Crippen molar-refractivity contribution in [1.29, 1.82) is 0 Å². The molecule has 156 valence electrons. The summed E-state index contributed by atoms with van der Waals surface area (Å²) in [5.41, 5.74) is 4.48. The number of fused-ring (bicyclic) bond motifs is 5. The summed E-state index contributed by atoms with van der Waals surface area (Å²) in [7, 11) is 0. The summed E-state index contributed by atoms with van der Waals surface area (Å²) in [5, 5.41) is 0. The second kappa shape index (κ2) is 5.61. The highest BCUT2D eigenvalue weighted by atomic mass is 16.6. The standard InChI is InChI=1S/C25H20O6/c1-9-8-14-15(11-5-3-2-4-10(9)11)16-12-6-7-13(19-18(12)22(26)30-23(19)27)17(16)21-20(14)24(28)31-25(21)29/h2-7,9,12-14,17-21H,8H2,1H3/t9-,12-,13-,14-,17+,18-,19+,20-,21+/m1/s1. The van der Waals surface area contributed by atoms with E-state index in [1.54, 1.807) is 0 Å². The fourth-order valence-corrected chi connectivity index (χ4v) is 7.65. The first-order chi connectivity index (χ1) is 15.0. The van der Waals surface area contributed by atoms with Gasteiger partial charge in [-0.2, -0.15) is 0 Å². The van der Waals surface area contributed by atoms with Gasteiger partial charge in [0.15, 0.2) is 0 Å². The molecule has 7 aliphatic rings. The summed E-state index contributed by atoms with van der Waals surface area (Å²) >= 11 is 0. The van der Waals surface area contributed by atoms with Gasteiger partial charge in [-0.1, -0.05) is 48.9 Å². The van der Waals surface area contributed by atoms with Crippen LogP contribution in [-0.2, 0) is 28.7 Å². The van der Waals surface area contributed by atoms with E-state index in [2.05, 4.69) is 19.1 Å². The Morgan fingerprint density at radius 3 is 2.26 bits per heavy atom. The van der Waals surface area contributed by atoms with Gasteiger partial charge in [0.25, 0.3) is 0 Å². The van der Waals surface area contributed by atoms with Crippen molar-refractivity contribution in [3.63, 3.8) is 0 Å². The topological polar surface area (TPSA) is 86.7 Å². The highest BCUT2D eigenvalue weighted by molar-refractivity contribution is 6.02. The summed E-state index contributed by atoms with van der Waals surface area (Å²) in [4.78, 5) is 51.0. The molecule has 31 heavy (non-hydrogen) atoms. The van der Waals surface area contributed by atoms with Crippen LogP contribution in [0.2, 0.25) is 0 Å². The van der Waals surface area contributed by atoms with Gasteiger partial charge < -0.3 is 9.47 Å². The van der Waals surface area contributed by atoms with Crippen molar-refractivity contribution in [3.05, 3.63) is 53.1 Å². The number of hydrogen-bond donors (Lipinski definition) is 0. The van der Waals surface area contributed by atoms with Crippen LogP contribution < -0.4 is 0 Å². The lowest BCUT2D eigenvalue weighted by molar-refractivity contribution is -0.156. The molecule has 0 amide bonds. The van der Waals surface area contributed by atoms with Gasteiger partial charge in [-0.05, 0) is 40.9 Å². The third-order valence-corrected chi connectivity index (χ3v) is 8.63. The molecule has 2 aliphatic heterocycles. The van der Waals surface area contributed by atoms with Crippen molar-refractivity contribution >= 4 is 29.5 Å². The Hall–Kier alpha value is -3.02. The van der Waals surface area contributed by atoms with Crippen LogP contribution in [0.1, 0.15) is 30.4 Å². The molecule has 0 radical (unpaired) electrons. The van der Waals surface area contributed by atoms with Crippen LogP contribution in [0.4, 0.5) is 0 Å². The highest BCUT2D eigenvalue weighted by Crippen LogP contribution is 2.66. The van der Waals surface area contributed by atoms with Crippen LogP contribution in [0.3, 0.4) is 0 Å². The van der Waals surface area contributed by atoms with Gasteiger partial charge in [-0.25, -0.2) is 0 Å². The lowest BCUT2D eigenvalue weighted by atomic mass is 9.46. The summed E-state index contributed by atoms with van der Waals surface area (Å²) in [5.74, 6) is -5.00. The molecule has 6 nitrogen and oxygen atoms in total. The molecule has 1 aromatic carbocycles. The molecule has 1 saturated carbocycles. The quantitative estimate of drug-likeness (QED) is 0.367. The SMILES string of the molecule is C[C@@H]1C[C@@H]2C(=C3[C@H]([C@H]4C=C[C@H]3[C@H]3C(=O)OC(=O)[C@@H]43)[C@@H]3C(=O)OC(=O)[C@@H]32)c2ccccc21. The van der Waals surface area contributed by atoms with Gasteiger partial charge in [0.1, 0.15) is 0 Å². The van der Waals surface area contributed by atoms with E-state index in [1.807, 2.05) is 24.3 Å². The van der Waals surface area contributed by atoms with Crippen molar-refractivity contribution < 1.29 is 28.7 Å². The monoisotopic (exact) mass is 416 g/mol. The highest BCUT2D eigenvalue weighted by Gasteiger charge is 2.68. The van der Waals surface area contributed by atoms with E-state index in [-0.39, 0.29) is 29.6 Å². The second-order valence-corrected chi connectivity index (χ2v) is 9.80. The lowest BCUT2D eigenvalue weighted by Crippen LogP contribution is -2.53. The van der Waals surface area contributed by atoms with E-state index in [1.165, 1.54) is 5.56 Å². The first kappa shape index (κ1) is 17.6. The average Bonchev–Trinajstić information content (AvgIpc) is 3.24. The maximum Gasteiger partial charge on any atom is 0.318 e. The van der Waals surface area contributed by atoms with Crippen LogP contribution >= 0.6 is 0 Å². The van der Waals surface area contributed by atoms with E-state index >= 15 is 0 Å². The second-order valence-electron chi connectivity index (χ2n) is 9.80. The Balaban J connectivity index is 1.55. The number of esters is 4. The van der Waals surface area contributed by atoms with E-state index in [9.17, 15) is 19.2 Å². The minimum atomic E-state index is -0.601. The predicted molar refractivity (Wildman–Crippen MR) is 106 cm³/mol. The number of carbonyl (C=O) groups is 4. The maximum absolute atomic E-state index is 12.9. The summed E-state index contributed by atoms with van der Waals surface area (Å²) < 4.78 is 10.2. The Labute approximate surface area is 178 Å². The maximum atomic E-state index is 12.9. The number of cyclic esters (lactones) is 4. The van der Waals surface area contributed by atoms with E-state index in [4.69, 9.17) is 9.47 Å². The number of carbonyl (C=O) groups excluding carboxylic acids is 4. The fraction of sp³-hybridized carbons (Fsp3) is 0.440. The summed E-state index contributed by atoms with van der Waals surface area (Å²) in [6, 6.07) is 8.22. The van der Waals surface area contributed by atoms with Crippen LogP contribution in [-0.4, -0.2) is 23.9 Å². The Bertz CT molecular complexity index is 1170. The van der Waals surface area contributed by atoms with Crippen molar-refractivity contribution in [1.82, 2.24) is 0 Å². The first-order valence-electron chi connectivity index (χ1n) is 11.0. The normalized spacial score (nSPS) is 43.7. The Morgan fingerprint density at radius 1 is 0.774 bits per heavy atom. The number of hydrogen-bond acceptors (Lipinski definition) is 6. The van der Waals surface area contributed by atoms with Crippen LogP contribution in [0.25, 0.3) is 5.57 Å². The van der Waals surface area contributed by atoms with Gasteiger partial charge in [0, 0.05) is 11.8 Å². The number of rotatable bonds is 0. The van der Waals surface area contributed by atoms with Crippen molar-refractivity contribution in [3.8, 4) is 0 Å². The van der Waals surface area contributed by atoms with Crippen molar-refractivity contribution in [2.75, 3.05) is 0 Å². The molecule has 0 N–H and O–H groups in total. The third-order valence-electron chi connectivity index (χ3n) is 8.63. The van der Waals surface area contributed by atoms with Gasteiger partial charge in [-0.3, -0.25) is 19.2 Å². The number of benzene rings is 1. The fourth-order valence-electron chi connectivity index (χ4n) is 7.65. The first-order valence-corrected chi connectivity index (χ1v) is 11.0. The molecule has 3 fully saturated rings. The van der Waals surface area contributed by atoms with Gasteiger partial charge >= 0.3 is 23.9 Å². The molecular weight excluding hydrogens is 396 g/mol. The molecule has 0 aromatic heterocycles. The molecule has 1 aromatic rings. The zero-order valence-electron chi connectivity index (χ0n) is 16.8. The smallest absolute Gasteiger partial charge is 0.318 e. The zero-order valence-corrected chi connectivity index (χ0v) is 16.8. The minimum absolute atomic E-state index is 0.126. The number of ether oxygens (including phenoxy) is 2. The molecule has 0 unspecified atom stereocenters. The van der Waals surface area contributed by atoms with Crippen LogP contribution in [0.15, 0.2) is 42.0 Å². The minimum Gasteiger partial charge on any atom is -0.393 e. The predicted octanol–water partition coefficient (Wildman–Crippen LogP) is 2.64. The van der Waals surface area contributed by atoms with E-state index < -0.39 is 47.5 Å². The van der Waals surface area contributed by atoms with E-state index in [0.29, 0.717) is 0 Å².